The van der Waals surface area contributed by atoms with Gasteiger partial charge in [0.05, 0.1) is 18.1 Å². The molecule has 0 bridgehead atoms. The van der Waals surface area contributed by atoms with Crippen LogP contribution in [0.1, 0.15) is 11.7 Å². The summed E-state index contributed by atoms with van der Waals surface area (Å²) < 4.78 is 0. The van der Waals surface area contributed by atoms with Gasteiger partial charge in [0, 0.05) is 43.4 Å². The Hall–Kier alpha value is -2.84. The molecule has 3 aromatic carbocycles. The maximum Gasteiger partial charge on any atom is 0.0960 e. The highest BCUT2D eigenvalue weighted by molar-refractivity contribution is 6.30. The smallest absolute Gasteiger partial charge is 0.0960 e. The molecule has 2 unspecified atom stereocenters. The van der Waals surface area contributed by atoms with Gasteiger partial charge in [-0.25, -0.2) is 0 Å². The van der Waals surface area contributed by atoms with Crippen molar-refractivity contribution < 1.29 is 5.11 Å². The third-order valence-electron chi connectivity index (χ3n) is 5.91. The molecule has 5 heteroatoms. The molecule has 0 spiro atoms. The summed E-state index contributed by atoms with van der Waals surface area (Å²) in [4.78, 5) is 4.57. The fourth-order valence-corrected chi connectivity index (χ4v) is 4.27. The van der Waals surface area contributed by atoms with Gasteiger partial charge >= 0.3 is 0 Å². The van der Waals surface area contributed by atoms with E-state index < -0.39 is 12.0 Å². The molecule has 0 aliphatic carbocycles. The third kappa shape index (κ3) is 5.26. The average molecular weight is 432 g/mol. The van der Waals surface area contributed by atoms with Crippen molar-refractivity contribution in [2.45, 2.75) is 6.10 Å². The first kappa shape index (κ1) is 21.4. The topological polar surface area (TPSA) is 50.5 Å². The van der Waals surface area contributed by atoms with Gasteiger partial charge in [-0.2, -0.15) is 5.26 Å². The van der Waals surface area contributed by atoms with E-state index in [0.29, 0.717) is 6.54 Å². The van der Waals surface area contributed by atoms with Crippen LogP contribution in [0.2, 0.25) is 5.02 Å². The SMILES string of the molecule is N#CC(CN1CCN(c2cccc(Cl)c2)CC1)C(O)c1ccc(-c2ccccc2)cc1. The van der Waals surface area contributed by atoms with E-state index in [1.54, 1.807) is 0 Å². The van der Waals surface area contributed by atoms with E-state index in [1.807, 2.05) is 60.7 Å². The van der Waals surface area contributed by atoms with Crippen LogP contribution < -0.4 is 4.90 Å². The Morgan fingerprint density at radius 3 is 2.19 bits per heavy atom. The summed E-state index contributed by atoms with van der Waals surface area (Å²) in [5, 5.41) is 21.3. The van der Waals surface area contributed by atoms with Crippen molar-refractivity contribution in [2.75, 3.05) is 37.6 Å². The summed E-state index contributed by atoms with van der Waals surface area (Å²) >= 11 is 6.12. The number of benzene rings is 3. The van der Waals surface area contributed by atoms with Gasteiger partial charge in [0.15, 0.2) is 0 Å². The third-order valence-corrected chi connectivity index (χ3v) is 6.14. The molecule has 1 fully saturated rings. The van der Waals surface area contributed by atoms with Gasteiger partial charge < -0.3 is 10.0 Å². The van der Waals surface area contributed by atoms with E-state index >= 15 is 0 Å². The van der Waals surface area contributed by atoms with Gasteiger partial charge in [-0.1, -0.05) is 72.3 Å². The summed E-state index contributed by atoms with van der Waals surface area (Å²) in [7, 11) is 0. The number of halogens is 1. The van der Waals surface area contributed by atoms with Crippen molar-refractivity contribution in [1.82, 2.24) is 4.90 Å². The minimum atomic E-state index is -0.805. The maximum absolute atomic E-state index is 10.9. The summed E-state index contributed by atoms with van der Waals surface area (Å²) in [5.74, 6) is -0.472. The number of nitriles is 1. The van der Waals surface area contributed by atoms with Crippen LogP contribution in [0.4, 0.5) is 5.69 Å². The first-order valence-corrected chi connectivity index (χ1v) is 11.0. The van der Waals surface area contributed by atoms with E-state index in [2.05, 4.69) is 34.1 Å². The maximum atomic E-state index is 10.9. The zero-order valence-corrected chi connectivity index (χ0v) is 18.1. The van der Waals surface area contributed by atoms with Crippen LogP contribution in [-0.2, 0) is 0 Å². The van der Waals surface area contributed by atoms with Gasteiger partial charge in [0.1, 0.15) is 0 Å². The summed E-state index contributed by atoms with van der Waals surface area (Å²) in [6, 6.07) is 28.2. The monoisotopic (exact) mass is 431 g/mol. The second kappa shape index (κ2) is 9.98. The molecule has 1 aliphatic rings. The van der Waals surface area contributed by atoms with Crippen LogP contribution in [-0.4, -0.2) is 42.7 Å². The van der Waals surface area contributed by atoms with Gasteiger partial charge in [0.25, 0.3) is 0 Å². The van der Waals surface area contributed by atoms with Gasteiger partial charge in [-0.05, 0) is 34.9 Å². The number of nitrogens with zero attached hydrogens (tertiary/aromatic N) is 3. The van der Waals surface area contributed by atoms with Crippen LogP contribution in [0.3, 0.4) is 0 Å². The summed E-state index contributed by atoms with van der Waals surface area (Å²) in [6.45, 7) is 4.01. The van der Waals surface area contributed by atoms with Crippen molar-refractivity contribution in [3.05, 3.63) is 89.4 Å². The van der Waals surface area contributed by atoms with Crippen LogP contribution in [0, 0.1) is 17.2 Å². The van der Waals surface area contributed by atoms with Gasteiger partial charge in [-0.15, -0.1) is 0 Å². The van der Waals surface area contributed by atoms with Crippen molar-refractivity contribution in [3.8, 4) is 17.2 Å². The van der Waals surface area contributed by atoms with Crippen LogP contribution in [0.15, 0.2) is 78.9 Å². The van der Waals surface area contributed by atoms with Crippen LogP contribution in [0.25, 0.3) is 11.1 Å². The standard InChI is InChI=1S/C26H26ClN3O/c27-24-7-4-8-25(17-24)30-15-13-29(14-16-30)19-23(18-28)26(31)22-11-9-21(10-12-22)20-5-2-1-3-6-20/h1-12,17,23,26,31H,13-16,19H2. The Morgan fingerprint density at radius 1 is 0.871 bits per heavy atom. The molecule has 0 radical (unpaired) electrons. The molecule has 4 rings (SSSR count). The number of aliphatic hydroxyl groups is 1. The molecular formula is C26H26ClN3O. The zero-order valence-electron chi connectivity index (χ0n) is 17.4. The summed E-state index contributed by atoms with van der Waals surface area (Å²) in [5.41, 5.74) is 4.14. The fraction of sp³-hybridized carbons (Fsp3) is 0.269. The molecule has 0 amide bonds. The number of hydrogen-bond donors (Lipinski definition) is 1. The van der Waals surface area contributed by atoms with Crippen LogP contribution in [0.5, 0.6) is 0 Å². The number of piperazine rings is 1. The number of anilines is 1. The quantitative estimate of drug-likeness (QED) is 0.596. The molecule has 2 atom stereocenters. The Labute approximate surface area is 188 Å². The predicted molar refractivity (Wildman–Crippen MR) is 126 cm³/mol. The van der Waals surface area contributed by atoms with E-state index in [9.17, 15) is 10.4 Å². The normalized spacial score (nSPS) is 16.5. The Kier molecular flexibility index (Phi) is 6.89. The first-order valence-electron chi connectivity index (χ1n) is 10.6. The molecular weight excluding hydrogens is 406 g/mol. The molecule has 3 aromatic rings. The molecule has 1 saturated heterocycles. The van der Waals surface area contributed by atoms with Crippen molar-refractivity contribution in [2.24, 2.45) is 5.92 Å². The van der Waals surface area contributed by atoms with E-state index in [1.165, 1.54) is 0 Å². The lowest BCUT2D eigenvalue weighted by molar-refractivity contribution is 0.104. The summed E-state index contributed by atoms with van der Waals surface area (Å²) in [6.07, 6.45) is -0.805. The Morgan fingerprint density at radius 2 is 1.55 bits per heavy atom. The number of hydrogen-bond acceptors (Lipinski definition) is 4. The first-order chi connectivity index (χ1) is 15.1. The van der Waals surface area contributed by atoms with Crippen molar-refractivity contribution >= 4 is 17.3 Å². The highest BCUT2D eigenvalue weighted by Crippen LogP contribution is 2.27. The number of aliphatic hydroxyl groups excluding tert-OH is 1. The lowest BCUT2D eigenvalue weighted by atomic mass is 9.94. The molecule has 1 N–H and O–H groups in total. The second-order valence-corrected chi connectivity index (χ2v) is 8.37. The van der Waals surface area contributed by atoms with Gasteiger partial charge in [0.2, 0.25) is 0 Å². The second-order valence-electron chi connectivity index (χ2n) is 7.94. The molecule has 158 valence electrons. The highest BCUT2D eigenvalue weighted by Gasteiger charge is 2.26. The molecule has 0 aromatic heterocycles. The molecule has 4 nitrogen and oxygen atoms in total. The lowest BCUT2D eigenvalue weighted by Crippen LogP contribution is -2.48. The average Bonchev–Trinajstić information content (AvgIpc) is 2.83. The van der Waals surface area contributed by atoms with Crippen molar-refractivity contribution in [1.29, 1.82) is 5.26 Å². The highest BCUT2D eigenvalue weighted by atomic mass is 35.5. The molecule has 31 heavy (non-hydrogen) atoms. The number of rotatable bonds is 6. The minimum absolute atomic E-state index is 0.472. The minimum Gasteiger partial charge on any atom is -0.387 e. The van der Waals surface area contributed by atoms with E-state index in [4.69, 9.17) is 11.6 Å². The Bertz CT molecular complexity index is 1020. The predicted octanol–water partition coefficient (Wildman–Crippen LogP) is 5.00. The molecule has 1 heterocycles. The van der Waals surface area contributed by atoms with Crippen molar-refractivity contribution in [3.63, 3.8) is 0 Å². The molecule has 0 saturated carbocycles. The van der Waals surface area contributed by atoms with E-state index in [0.717, 1.165) is 53.6 Å². The zero-order chi connectivity index (χ0) is 21.6. The molecule has 1 aliphatic heterocycles. The largest absolute Gasteiger partial charge is 0.387 e. The lowest BCUT2D eigenvalue weighted by Gasteiger charge is -2.37. The van der Waals surface area contributed by atoms with Gasteiger partial charge in [-0.3, -0.25) is 4.90 Å². The fourth-order valence-electron chi connectivity index (χ4n) is 4.09. The van der Waals surface area contributed by atoms with E-state index in [-0.39, 0.29) is 0 Å². The Balaban J connectivity index is 1.35. The van der Waals surface area contributed by atoms with Crippen LogP contribution >= 0.6 is 11.6 Å².